The first-order valence-corrected chi connectivity index (χ1v) is 9.28. The topological polar surface area (TPSA) is 43.1 Å². The molecule has 0 N–H and O–H groups in total. The third-order valence-corrected chi connectivity index (χ3v) is 6.16. The zero-order valence-electron chi connectivity index (χ0n) is 13.7. The van der Waals surface area contributed by atoms with Crippen LogP contribution >= 0.6 is 23.4 Å². The Kier molecular flexibility index (Phi) is 8.26. The highest BCUT2D eigenvalue weighted by molar-refractivity contribution is 8.00. The summed E-state index contributed by atoms with van der Waals surface area (Å²) in [5, 5.41) is 11.0. The number of halogens is 1. The molecule has 0 fully saturated rings. The van der Waals surface area contributed by atoms with Gasteiger partial charge in [-0.3, -0.25) is 10.1 Å². The van der Waals surface area contributed by atoms with Crippen LogP contribution in [0, 0.1) is 10.1 Å². The first-order valence-electron chi connectivity index (χ1n) is 8.03. The largest absolute Gasteiger partial charge is 0.269 e. The van der Waals surface area contributed by atoms with Gasteiger partial charge in [0.25, 0.3) is 5.69 Å². The summed E-state index contributed by atoms with van der Waals surface area (Å²) < 4.78 is 0. The molecule has 0 amide bonds. The fraction of sp³-hybridized carbons (Fsp3) is 0.647. The first-order chi connectivity index (χ1) is 10.4. The Balaban J connectivity index is 2.76. The summed E-state index contributed by atoms with van der Waals surface area (Å²) in [6.45, 7) is 6.54. The van der Waals surface area contributed by atoms with Crippen molar-refractivity contribution in [2.75, 3.05) is 0 Å². The lowest BCUT2D eigenvalue weighted by Crippen LogP contribution is -2.32. The van der Waals surface area contributed by atoms with Crippen molar-refractivity contribution in [3.05, 3.63) is 34.4 Å². The lowest BCUT2D eigenvalue weighted by Gasteiger charge is -2.33. The number of alkyl halides is 1. The van der Waals surface area contributed by atoms with Gasteiger partial charge in [0, 0.05) is 22.3 Å². The smallest absolute Gasteiger partial charge is 0.258 e. The third-order valence-electron chi connectivity index (χ3n) is 3.98. The zero-order chi connectivity index (χ0) is 16.6. The summed E-state index contributed by atoms with van der Waals surface area (Å²) in [6.07, 6.45) is 6.61. The van der Waals surface area contributed by atoms with E-state index in [1.807, 2.05) is 12.1 Å². The van der Waals surface area contributed by atoms with Crippen LogP contribution in [0.3, 0.4) is 0 Å². The summed E-state index contributed by atoms with van der Waals surface area (Å²) in [4.78, 5) is 11.2. The molecule has 0 aliphatic carbocycles. The van der Waals surface area contributed by atoms with E-state index < -0.39 is 0 Å². The molecule has 0 spiro atoms. The van der Waals surface area contributed by atoms with Gasteiger partial charge in [0.2, 0.25) is 0 Å². The molecule has 124 valence electrons. The fourth-order valence-corrected chi connectivity index (χ4v) is 3.98. The van der Waals surface area contributed by atoms with Crippen molar-refractivity contribution in [2.24, 2.45) is 0 Å². The van der Waals surface area contributed by atoms with Crippen LogP contribution < -0.4 is 0 Å². The lowest BCUT2D eigenvalue weighted by atomic mass is 9.92. The molecule has 0 aromatic heterocycles. The van der Waals surface area contributed by atoms with Crippen LogP contribution in [0.25, 0.3) is 0 Å². The highest BCUT2D eigenvalue weighted by Gasteiger charge is 2.33. The minimum absolute atomic E-state index is 0.131. The predicted octanol–water partition coefficient (Wildman–Crippen LogP) is 6.43. The van der Waals surface area contributed by atoms with Crippen molar-refractivity contribution in [2.45, 2.75) is 74.3 Å². The molecule has 1 rings (SSSR count). The maximum absolute atomic E-state index is 10.7. The first kappa shape index (κ1) is 19.3. The van der Waals surface area contributed by atoms with Crippen molar-refractivity contribution in [3.63, 3.8) is 0 Å². The van der Waals surface area contributed by atoms with Crippen molar-refractivity contribution in [1.82, 2.24) is 0 Å². The molecule has 0 aliphatic heterocycles. The van der Waals surface area contributed by atoms with E-state index >= 15 is 0 Å². The van der Waals surface area contributed by atoms with E-state index in [2.05, 4.69) is 20.8 Å². The standard InChI is InChI=1S/C17H26ClNO2S/c1-4-6-12-17(18,13-7-5-2)14(3)22-16-10-8-15(9-11-16)19(20)21/h8-11,14H,4-7,12-13H2,1-3H3/t14-/m1/s1. The molecule has 1 aromatic rings. The van der Waals surface area contributed by atoms with Gasteiger partial charge in [-0.2, -0.15) is 0 Å². The second-order valence-corrected chi connectivity index (χ2v) is 7.92. The quantitative estimate of drug-likeness (QED) is 0.212. The number of unbranched alkanes of at least 4 members (excludes halogenated alkanes) is 2. The Hall–Kier alpha value is -0.740. The molecule has 0 saturated heterocycles. The molecule has 1 atom stereocenters. The predicted molar refractivity (Wildman–Crippen MR) is 96.0 cm³/mol. The number of hydrogen-bond acceptors (Lipinski definition) is 3. The molecule has 0 heterocycles. The van der Waals surface area contributed by atoms with Crippen molar-refractivity contribution < 1.29 is 4.92 Å². The molecule has 22 heavy (non-hydrogen) atoms. The van der Waals surface area contributed by atoms with Crippen LogP contribution in [0.5, 0.6) is 0 Å². The van der Waals surface area contributed by atoms with E-state index in [0.29, 0.717) is 0 Å². The summed E-state index contributed by atoms with van der Waals surface area (Å²) in [5.41, 5.74) is 0.131. The summed E-state index contributed by atoms with van der Waals surface area (Å²) in [7, 11) is 0. The monoisotopic (exact) mass is 343 g/mol. The maximum atomic E-state index is 10.7. The Morgan fingerprint density at radius 3 is 2.09 bits per heavy atom. The molecule has 5 heteroatoms. The Morgan fingerprint density at radius 1 is 1.18 bits per heavy atom. The fourth-order valence-electron chi connectivity index (χ4n) is 2.43. The van der Waals surface area contributed by atoms with Crippen molar-refractivity contribution >= 4 is 29.1 Å². The summed E-state index contributed by atoms with van der Waals surface area (Å²) >= 11 is 8.67. The molecule has 0 saturated carbocycles. The van der Waals surface area contributed by atoms with Gasteiger partial charge in [-0.25, -0.2) is 0 Å². The van der Waals surface area contributed by atoms with Gasteiger partial charge in [0.15, 0.2) is 0 Å². The Morgan fingerprint density at radius 2 is 1.68 bits per heavy atom. The van der Waals surface area contributed by atoms with E-state index in [4.69, 9.17) is 11.6 Å². The van der Waals surface area contributed by atoms with Gasteiger partial charge in [-0.15, -0.1) is 23.4 Å². The number of nitro groups is 1. The van der Waals surface area contributed by atoms with E-state index in [0.717, 1.165) is 43.4 Å². The van der Waals surface area contributed by atoms with Crippen LogP contribution in [-0.2, 0) is 0 Å². The second kappa shape index (κ2) is 9.41. The number of nitro benzene ring substituents is 1. The molecular weight excluding hydrogens is 318 g/mol. The molecule has 3 nitrogen and oxygen atoms in total. The molecule has 0 radical (unpaired) electrons. The van der Waals surface area contributed by atoms with Crippen LogP contribution in [0.1, 0.15) is 59.3 Å². The SMILES string of the molecule is CCCCC(Cl)(CCCC)[C@@H](C)Sc1ccc([N+](=O)[O-])cc1. The van der Waals surface area contributed by atoms with Crippen molar-refractivity contribution in [3.8, 4) is 0 Å². The van der Waals surface area contributed by atoms with Gasteiger partial charge in [0.1, 0.15) is 0 Å². The van der Waals surface area contributed by atoms with Gasteiger partial charge in [-0.05, 0) is 25.0 Å². The van der Waals surface area contributed by atoms with Gasteiger partial charge < -0.3 is 0 Å². The van der Waals surface area contributed by atoms with E-state index in [9.17, 15) is 10.1 Å². The highest BCUT2D eigenvalue weighted by Crippen LogP contribution is 2.41. The van der Waals surface area contributed by atoms with Crippen LogP contribution in [0.15, 0.2) is 29.2 Å². The van der Waals surface area contributed by atoms with Gasteiger partial charge >= 0.3 is 0 Å². The number of hydrogen-bond donors (Lipinski definition) is 0. The average molecular weight is 344 g/mol. The van der Waals surface area contributed by atoms with E-state index in [-0.39, 0.29) is 20.7 Å². The number of non-ortho nitro benzene ring substituents is 1. The average Bonchev–Trinajstić information content (AvgIpc) is 2.51. The molecule has 0 bridgehead atoms. The van der Waals surface area contributed by atoms with Crippen LogP contribution in [0.2, 0.25) is 0 Å². The minimum atomic E-state index is -0.369. The van der Waals surface area contributed by atoms with Gasteiger partial charge in [0.05, 0.1) is 9.80 Å². The lowest BCUT2D eigenvalue weighted by molar-refractivity contribution is -0.384. The van der Waals surface area contributed by atoms with Crippen LogP contribution in [0.4, 0.5) is 5.69 Å². The minimum Gasteiger partial charge on any atom is -0.258 e. The van der Waals surface area contributed by atoms with E-state index in [1.165, 1.54) is 0 Å². The van der Waals surface area contributed by atoms with E-state index in [1.54, 1.807) is 23.9 Å². The number of nitrogens with zero attached hydrogens (tertiary/aromatic N) is 1. The number of thioether (sulfide) groups is 1. The molecule has 0 unspecified atom stereocenters. The van der Waals surface area contributed by atoms with Gasteiger partial charge in [-0.1, -0.05) is 46.5 Å². The summed E-state index contributed by atoms with van der Waals surface area (Å²) in [6, 6.07) is 6.75. The van der Waals surface area contributed by atoms with Crippen molar-refractivity contribution in [1.29, 1.82) is 0 Å². The summed E-state index contributed by atoms with van der Waals surface area (Å²) in [5.74, 6) is 0. The van der Waals surface area contributed by atoms with Crippen LogP contribution in [-0.4, -0.2) is 15.0 Å². The Bertz CT molecular complexity index is 456. The molecular formula is C17H26ClNO2S. The molecule has 1 aromatic carbocycles. The normalized spacial score (nSPS) is 13.1. The zero-order valence-corrected chi connectivity index (χ0v) is 15.3. The number of rotatable bonds is 10. The number of benzene rings is 1. The third kappa shape index (κ3) is 5.81. The highest BCUT2D eigenvalue weighted by atomic mass is 35.5. The maximum Gasteiger partial charge on any atom is 0.269 e. The molecule has 0 aliphatic rings. The second-order valence-electron chi connectivity index (χ2n) is 5.75. The Labute approximate surface area is 143 Å².